The Morgan fingerprint density at radius 3 is 1.40 bits per heavy atom. The molecule has 8 heteroatoms. The van der Waals surface area contributed by atoms with Crippen LogP contribution >= 0.6 is 0 Å². The van der Waals surface area contributed by atoms with Crippen molar-refractivity contribution in [2.75, 3.05) is 0 Å². The Bertz CT molecular complexity index is 989. The molecule has 2 aromatic heterocycles. The Labute approximate surface area is 173 Å². The predicted octanol–water partition coefficient (Wildman–Crippen LogP) is 2.78. The van der Waals surface area contributed by atoms with Crippen molar-refractivity contribution in [3.63, 3.8) is 0 Å². The number of carbonyl (C=O) groups excluding carboxylic acids is 2. The second kappa shape index (κ2) is 9.83. The normalized spacial score (nSPS) is 11.7. The lowest BCUT2D eigenvalue weighted by molar-refractivity contribution is 0.0942. The summed E-state index contributed by atoms with van der Waals surface area (Å²) >= 11 is 0. The number of nitrogens with one attached hydrogen (secondary N) is 2. The number of hydrogen-bond donors (Lipinski definition) is 2. The van der Waals surface area contributed by atoms with Crippen LogP contribution in [0.25, 0.3) is 0 Å². The summed E-state index contributed by atoms with van der Waals surface area (Å²) in [5.41, 5.74) is 8.54. The first kappa shape index (κ1) is 20.5. The van der Waals surface area contributed by atoms with Crippen LogP contribution in [0.15, 0.2) is 83.3 Å². The smallest absolute Gasteiger partial charge is 0.266 e. The highest BCUT2D eigenvalue weighted by atomic mass is 16.2. The number of hydrazone groups is 2. The van der Waals surface area contributed by atoms with Crippen LogP contribution in [0.5, 0.6) is 0 Å². The van der Waals surface area contributed by atoms with Crippen molar-refractivity contribution in [2.24, 2.45) is 10.2 Å². The van der Waals surface area contributed by atoms with Crippen LogP contribution in [-0.2, 0) is 0 Å². The third-order valence-corrected chi connectivity index (χ3v) is 4.17. The van der Waals surface area contributed by atoms with Gasteiger partial charge in [-0.1, -0.05) is 36.4 Å². The molecule has 8 nitrogen and oxygen atoms in total. The fourth-order valence-electron chi connectivity index (χ4n) is 2.46. The molecular weight excluding hydrogens is 380 g/mol. The number of pyridine rings is 2. The first-order valence-electron chi connectivity index (χ1n) is 9.17. The van der Waals surface area contributed by atoms with Gasteiger partial charge in [0.15, 0.2) is 0 Å². The van der Waals surface area contributed by atoms with E-state index in [0.29, 0.717) is 22.8 Å². The van der Waals surface area contributed by atoms with E-state index in [0.717, 1.165) is 11.1 Å². The van der Waals surface area contributed by atoms with Gasteiger partial charge in [0.25, 0.3) is 11.8 Å². The maximum absolute atomic E-state index is 12.0. The predicted molar refractivity (Wildman–Crippen MR) is 114 cm³/mol. The van der Waals surface area contributed by atoms with Crippen LogP contribution in [0.3, 0.4) is 0 Å². The molecular formula is C22H20N6O2. The van der Waals surface area contributed by atoms with Gasteiger partial charge in [-0.05, 0) is 49.2 Å². The molecule has 1 aromatic carbocycles. The lowest BCUT2D eigenvalue weighted by Crippen LogP contribution is -2.20. The molecule has 0 fully saturated rings. The topological polar surface area (TPSA) is 109 Å². The zero-order chi connectivity index (χ0) is 21.3. The Morgan fingerprint density at radius 2 is 1.07 bits per heavy atom. The van der Waals surface area contributed by atoms with Crippen molar-refractivity contribution in [2.45, 2.75) is 13.8 Å². The fourth-order valence-corrected chi connectivity index (χ4v) is 2.46. The first-order valence-corrected chi connectivity index (χ1v) is 9.17. The van der Waals surface area contributed by atoms with Crippen molar-refractivity contribution in [3.05, 3.63) is 95.6 Å². The van der Waals surface area contributed by atoms with E-state index in [1.165, 1.54) is 0 Å². The van der Waals surface area contributed by atoms with E-state index in [4.69, 9.17) is 0 Å². The lowest BCUT2D eigenvalue weighted by atomic mass is 10.1. The Morgan fingerprint density at radius 1 is 0.667 bits per heavy atom. The largest absolute Gasteiger partial charge is 0.289 e. The molecule has 2 N–H and O–H groups in total. The second-order valence-electron chi connectivity index (χ2n) is 6.28. The average Bonchev–Trinajstić information content (AvgIpc) is 2.81. The summed E-state index contributed by atoms with van der Waals surface area (Å²) in [6, 6.07) is 17.6. The maximum atomic E-state index is 12.0. The van der Waals surface area contributed by atoms with Gasteiger partial charge in [0, 0.05) is 12.4 Å². The second-order valence-corrected chi connectivity index (χ2v) is 6.28. The van der Waals surface area contributed by atoms with Crippen molar-refractivity contribution in [3.8, 4) is 0 Å². The van der Waals surface area contributed by atoms with E-state index in [1.54, 1.807) is 62.6 Å². The summed E-state index contributed by atoms with van der Waals surface area (Å²) in [7, 11) is 0. The molecule has 0 spiro atoms. The highest BCUT2D eigenvalue weighted by Crippen LogP contribution is 2.07. The zero-order valence-corrected chi connectivity index (χ0v) is 16.5. The molecule has 3 aromatic rings. The quantitative estimate of drug-likeness (QED) is 0.490. The zero-order valence-electron chi connectivity index (χ0n) is 16.5. The van der Waals surface area contributed by atoms with Gasteiger partial charge in [-0.2, -0.15) is 10.2 Å². The summed E-state index contributed by atoms with van der Waals surface area (Å²) in [6.45, 7) is 3.59. The van der Waals surface area contributed by atoms with E-state index in [9.17, 15) is 9.59 Å². The third-order valence-electron chi connectivity index (χ3n) is 4.17. The van der Waals surface area contributed by atoms with Crippen molar-refractivity contribution >= 4 is 23.2 Å². The van der Waals surface area contributed by atoms with Crippen LogP contribution in [0.1, 0.15) is 46.0 Å². The summed E-state index contributed by atoms with van der Waals surface area (Å²) in [5.74, 6) is -0.753. The molecule has 0 saturated heterocycles. The molecule has 2 amide bonds. The van der Waals surface area contributed by atoms with Gasteiger partial charge >= 0.3 is 0 Å². The molecule has 0 unspecified atom stereocenters. The van der Waals surface area contributed by atoms with Gasteiger partial charge in [0.05, 0.1) is 11.4 Å². The molecule has 3 rings (SSSR count). The van der Waals surface area contributed by atoms with Crippen molar-refractivity contribution < 1.29 is 9.59 Å². The Hall–Kier alpha value is -4.20. The van der Waals surface area contributed by atoms with E-state index >= 15 is 0 Å². The highest BCUT2D eigenvalue weighted by Gasteiger charge is 2.07. The summed E-state index contributed by atoms with van der Waals surface area (Å²) < 4.78 is 0. The van der Waals surface area contributed by atoms with Crippen molar-refractivity contribution in [1.29, 1.82) is 0 Å². The molecule has 0 radical (unpaired) electrons. The van der Waals surface area contributed by atoms with E-state index < -0.39 is 0 Å². The number of benzene rings is 1. The van der Waals surface area contributed by atoms with Crippen LogP contribution in [0.4, 0.5) is 0 Å². The molecule has 150 valence electrons. The molecule has 30 heavy (non-hydrogen) atoms. The lowest BCUT2D eigenvalue weighted by Gasteiger charge is -2.05. The molecule has 0 aliphatic rings. The average molecular weight is 400 g/mol. The van der Waals surface area contributed by atoms with Gasteiger partial charge in [-0.25, -0.2) is 10.9 Å². The Balaban J connectivity index is 1.62. The minimum Gasteiger partial charge on any atom is -0.266 e. The minimum absolute atomic E-state index is 0.295. The highest BCUT2D eigenvalue weighted by molar-refractivity contribution is 6.03. The summed E-state index contributed by atoms with van der Waals surface area (Å²) in [5, 5.41) is 8.24. The third kappa shape index (κ3) is 5.41. The number of nitrogens with zero attached hydrogens (tertiary/aromatic N) is 4. The molecule has 0 aliphatic heterocycles. The summed E-state index contributed by atoms with van der Waals surface area (Å²) in [6.07, 6.45) is 3.10. The summed E-state index contributed by atoms with van der Waals surface area (Å²) in [4.78, 5) is 32.0. The number of amides is 2. The van der Waals surface area contributed by atoms with Crippen LogP contribution < -0.4 is 10.9 Å². The number of hydrogen-bond acceptors (Lipinski definition) is 6. The van der Waals surface area contributed by atoms with Gasteiger partial charge in [-0.3, -0.25) is 19.6 Å². The van der Waals surface area contributed by atoms with E-state index in [1.807, 2.05) is 24.3 Å². The monoisotopic (exact) mass is 400 g/mol. The van der Waals surface area contributed by atoms with E-state index in [2.05, 4.69) is 31.0 Å². The Kier molecular flexibility index (Phi) is 6.73. The van der Waals surface area contributed by atoms with Crippen LogP contribution in [-0.4, -0.2) is 33.2 Å². The molecule has 0 saturated carbocycles. The van der Waals surface area contributed by atoms with E-state index in [-0.39, 0.29) is 11.8 Å². The SMILES string of the molecule is CC(=NNC(=O)c1ccccn1)c1ccc(C(C)=NNC(=O)c2ccccn2)cc1. The number of rotatable bonds is 6. The number of carbonyl (C=O) groups is 2. The first-order chi connectivity index (χ1) is 14.5. The van der Waals surface area contributed by atoms with Gasteiger partial charge in [0.1, 0.15) is 11.4 Å². The molecule has 0 bridgehead atoms. The number of aromatic nitrogens is 2. The van der Waals surface area contributed by atoms with Crippen molar-refractivity contribution in [1.82, 2.24) is 20.8 Å². The molecule has 0 atom stereocenters. The van der Waals surface area contributed by atoms with Gasteiger partial charge in [-0.15, -0.1) is 0 Å². The molecule has 0 aliphatic carbocycles. The van der Waals surface area contributed by atoms with Gasteiger partial charge < -0.3 is 0 Å². The minimum atomic E-state index is -0.377. The fraction of sp³-hybridized carbons (Fsp3) is 0.0909. The van der Waals surface area contributed by atoms with Crippen LogP contribution in [0.2, 0.25) is 0 Å². The van der Waals surface area contributed by atoms with Gasteiger partial charge in [0.2, 0.25) is 0 Å². The standard InChI is InChI=1S/C22H20N6O2/c1-15(25-27-21(29)19-7-3-5-13-23-19)17-9-11-18(12-10-17)16(2)26-28-22(30)20-8-4-6-14-24-20/h3-14H,1-2H3,(H,27,29)(H,28,30). The molecule has 2 heterocycles. The maximum Gasteiger partial charge on any atom is 0.289 e. The van der Waals surface area contributed by atoms with Crippen LogP contribution in [0, 0.1) is 0 Å².